The highest BCUT2D eigenvalue weighted by atomic mass is 35.5. The smallest absolute Gasteiger partial charge is 0.0285 e. The first-order valence-electron chi connectivity index (χ1n) is 4.70. The Kier molecular flexibility index (Phi) is 0.926. The molecule has 0 heterocycles. The third-order valence-corrected chi connectivity index (χ3v) is 5.96. The summed E-state index contributed by atoms with van der Waals surface area (Å²) in [6, 6.07) is 0. The summed E-state index contributed by atoms with van der Waals surface area (Å²) >= 11 is 6.08. The molecule has 0 amide bonds. The molecule has 0 radical (unpaired) electrons. The molecular formula is C10H15Cl. The van der Waals surface area contributed by atoms with Crippen LogP contribution in [0, 0.1) is 28.6 Å². The number of rotatable bonds is 1. The van der Waals surface area contributed by atoms with Crippen molar-refractivity contribution in [3.8, 4) is 0 Å². The Hall–Kier alpha value is 0.290. The Balaban J connectivity index is 2.10. The SMILES string of the molecule is CC1(CCl)C2CC3C(C2)C31C. The van der Waals surface area contributed by atoms with Crippen molar-refractivity contribution in [2.75, 3.05) is 5.88 Å². The van der Waals surface area contributed by atoms with Crippen LogP contribution < -0.4 is 0 Å². The lowest BCUT2D eigenvalue weighted by Crippen LogP contribution is -2.28. The molecule has 4 aliphatic rings. The highest BCUT2D eigenvalue weighted by Gasteiger charge is 2.80. The van der Waals surface area contributed by atoms with Gasteiger partial charge in [-0.3, -0.25) is 0 Å². The summed E-state index contributed by atoms with van der Waals surface area (Å²) in [6.07, 6.45) is 2.98. The molecule has 0 aromatic heterocycles. The van der Waals surface area contributed by atoms with Crippen molar-refractivity contribution in [2.45, 2.75) is 26.7 Å². The number of alkyl halides is 1. The lowest BCUT2D eigenvalue weighted by molar-refractivity contribution is 0.205. The summed E-state index contributed by atoms with van der Waals surface area (Å²) in [5, 5.41) is 0. The van der Waals surface area contributed by atoms with Gasteiger partial charge in [0.2, 0.25) is 0 Å². The van der Waals surface area contributed by atoms with E-state index >= 15 is 0 Å². The van der Waals surface area contributed by atoms with Crippen molar-refractivity contribution in [3.63, 3.8) is 0 Å². The van der Waals surface area contributed by atoms with Crippen LogP contribution in [-0.2, 0) is 0 Å². The maximum Gasteiger partial charge on any atom is 0.0285 e. The first kappa shape index (κ1) is 6.77. The molecule has 3 unspecified atom stereocenters. The van der Waals surface area contributed by atoms with Crippen LogP contribution >= 0.6 is 11.6 Å². The zero-order valence-corrected chi connectivity index (χ0v) is 7.99. The van der Waals surface area contributed by atoms with Gasteiger partial charge in [0, 0.05) is 5.88 Å². The van der Waals surface area contributed by atoms with Gasteiger partial charge < -0.3 is 0 Å². The molecule has 1 heteroatoms. The quantitative estimate of drug-likeness (QED) is 0.531. The van der Waals surface area contributed by atoms with Gasteiger partial charge in [-0.15, -0.1) is 11.6 Å². The van der Waals surface area contributed by atoms with Gasteiger partial charge in [-0.05, 0) is 41.4 Å². The van der Waals surface area contributed by atoms with Crippen molar-refractivity contribution in [3.05, 3.63) is 0 Å². The van der Waals surface area contributed by atoms with Gasteiger partial charge in [-0.2, -0.15) is 0 Å². The number of hydrogen-bond donors (Lipinski definition) is 0. The summed E-state index contributed by atoms with van der Waals surface area (Å²) < 4.78 is 0. The monoisotopic (exact) mass is 170 g/mol. The van der Waals surface area contributed by atoms with E-state index in [1.165, 1.54) is 12.8 Å². The highest BCUT2D eigenvalue weighted by molar-refractivity contribution is 6.18. The van der Waals surface area contributed by atoms with E-state index in [0.29, 0.717) is 10.8 Å². The molecule has 0 spiro atoms. The largest absolute Gasteiger partial charge is 0.126 e. The average Bonchev–Trinajstić information content (AvgIpc) is 2.42. The van der Waals surface area contributed by atoms with E-state index in [1.807, 2.05) is 0 Å². The minimum Gasteiger partial charge on any atom is -0.126 e. The zero-order chi connectivity index (χ0) is 7.85. The van der Waals surface area contributed by atoms with Crippen LogP contribution in [0.3, 0.4) is 0 Å². The van der Waals surface area contributed by atoms with Crippen molar-refractivity contribution in [2.24, 2.45) is 28.6 Å². The molecule has 4 saturated carbocycles. The van der Waals surface area contributed by atoms with Gasteiger partial charge in [0.25, 0.3) is 0 Å². The predicted molar refractivity (Wildman–Crippen MR) is 46.6 cm³/mol. The summed E-state index contributed by atoms with van der Waals surface area (Å²) in [5.41, 5.74) is 1.17. The summed E-state index contributed by atoms with van der Waals surface area (Å²) in [4.78, 5) is 0. The van der Waals surface area contributed by atoms with E-state index in [2.05, 4.69) is 13.8 Å². The fourth-order valence-corrected chi connectivity index (χ4v) is 4.79. The van der Waals surface area contributed by atoms with E-state index in [4.69, 9.17) is 11.6 Å². The summed E-state index contributed by atoms with van der Waals surface area (Å²) in [6.45, 7) is 4.88. The van der Waals surface area contributed by atoms with Crippen LogP contribution in [0.4, 0.5) is 0 Å². The van der Waals surface area contributed by atoms with Gasteiger partial charge in [0.15, 0.2) is 0 Å². The molecule has 4 rings (SSSR count). The minimum atomic E-state index is 0.504. The zero-order valence-electron chi connectivity index (χ0n) is 7.23. The van der Waals surface area contributed by atoms with Crippen molar-refractivity contribution < 1.29 is 0 Å². The first-order valence-corrected chi connectivity index (χ1v) is 5.24. The maximum absolute atomic E-state index is 6.08. The van der Waals surface area contributed by atoms with Crippen LogP contribution in [0.25, 0.3) is 0 Å². The Labute approximate surface area is 73.3 Å². The second kappa shape index (κ2) is 1.51. The molecule has 0 nitrogen and oxygen atoms in total. The predicted octanol–water partition coefficient (Wildman–Crippen LogP) is 2.91. The van der Waals surface area contributed by atoms with Crippen LogP contribution in [0.5, 0.6) is 0 Å². The molecule has 0 aromatic carbocycles. The van der Waals surface area contributed by atoms with Crippen LogP contribution in [-0.4, -0.2) is 5.88 Å². The Morgan fingerprint density at radius 3 is 2.00 bits per heavy atom. The van der Waals surface area contributed by atoms with Gasteiger partial charge >= 0.3 is 0 Å². The third-order valence-electron chi connectivity index (χ3n) is 5.40. The van der Waals surface area contributed by atoms with Gasteiger partial charge in [-0.25, -0.2) is 0 Å². The Bertz CT molecular complexity index is 211. The number of halogens is 1. The van der Waals surface area contributed by atoms with E-state index < -0.39 is 0 Å². The summed E-state index contributed by atoms with van der Waals surface area (Å²) in [7, 11) is 0. The van der Waals surface area contributed by atoms with E-state index in [0.717, 1.165) is 23.6 Å². The Morgan fingerprint density at radius 1 is 1.27 bits per heavy atom. The van der Waals surface area contributed by atoms with Gasteiger partial charge in [0.1, 0.15) is 0 Å². The fourth-order valence-electron chi connectivity index (χ4n) is 4.29. The second-order valence-corrected chi connectivity index (χ2v) is 5.48. The molecule has 0 saturated heterocycles. The van der Waals surface area contributed by atoms with Gasteiger partial charge in [-0.1, -0.05) is 13.8 Å². The average molecular weight is 171 g/mol. The van der Waals surface area contributed by atoms with E-state index in [9.17, 15) is 0 Å². The third kappa shape index (κ3) is 0.436. The topological polar surface area (TPSA) is 0 Å². The van der Waals surface area contributed by atoms with E-state index in [-0.39, 0.29) is 0 Å². The van der Waals surface area contributed by atoms with Crippen molar-refractivity contribution >= 4 is 11.6 Å². The maximum atomic E-state index is 6.08. The normalized spacial score (nSPS) is 70.6. The van der Waals surface area contributed by atoms with Crippen LogP contribution in [0.2, 0.25) is 0 Å². The van der Waals surface area contributed by atoms with Crippen LogP contribution in [0.1, 0.15) is 26.7 Å². The minimum absolute atomic E-state index is 0.504. The van der Waals surface area contributed by atoms with Crippen molar-refractivity contribution in [1.29, 1.82) is 0 Å². The molecule has 4 aliphatic carbocycles. The molecule has 3 atom stereocenters. The lowest BCUT2D eigenvalue weighted by atomic mass is 9.76. The lowest BCUT2D eigenvalue weighted by Gasteiger charge is -2.31. The summed E-state index contributed by atoms with van der Waals surface area (Å²) in [5.74, 6) is 3.99. The molecule has 4 bridgehead atoms. The molecule has 0 aliphatic heterocycles. The first-order chi connectivity index (χ1) is 5.14. The van der Waals surface area contributed by atoms with E-state index in [1.54, 1.807) is 0 Å². The van der Waals surface area contributed by atoms with Gasteiger partial charge in [0.05, 0.1) is 0 Å². The second-order valence-electron chi connectivity index (χ2n) is 5.22. The standard InChI is InChI=1S/C10H15Cl/c1-9(5-11)6-3-7-8(4-6)10(7,9)2/h6-8H,3-5H2,1-2H3. The Morgan fingerprint density at radius 2 is 1.82 bits per heavy atom. The van der Waals surface area contributed by atoms with Crippen LogP contribution in [0.15, 0.2) is 0 Å². The molecular weight excluding hydrogens is 156 g/mol. The molecule has 0 aromatic rings. The molecule has 0 N–H and O–H groups in total. The van der Waals surface area contributed by atoms with Crippen molar-refractivity contribution in [1.82, 2.24) is 0 Å². The number of hydrogen-bond acceptors (Lipinski definition) is 0. The fraction of sp³-hybridized carbons (Fsp3) is 1.00. The molecule has 62 valence electrons. The molecule has 11 heavy (non-hydrogen) atoms. The highest BCUT2D eigenvalue weighted by Crippen LogP contribution is 2.86. The molecule has 4 fully saturated rings.